The lowest BCUT2D eigenvalue weighted by Crippen LogP contribution is -2.29. The van der Waals surface area contributed by atoms with E-state index >= 15 is 0 Å². The van der Waals surface area contributed by atoms with Crippen molar-refractivity contribution >= 4 is 40.2 Å². The summed E-state index contributed by atoms with van der Waals surface area (Å²) in [4.78, 5) is 30.9. The number of alkyl halides is 3. The Kier molecular flexibility index (Phi) is 5.80. The number of carbonyl (C=O) groups excluding carboxylic acids is 1. The number of carbonyl (C=O) groups is 2. The Labute approximate surface area is 187 Å². The van der Waals surface area contributed by atoms with Gasteiger partial charge in [-0.25, -0.2) is 9.50 Å². The fourth-order valence-corrected chi connectivity index (χ4v) is 4.25. The number of halogens is 3. The number of nitrogens with one attached hydrogen (secondary N) is 1. The van der Waals surface area contributed by atoms with Crippen molar-refractivity contribution in [2.24, 2.45) is 0 Å². The molecule has 4 aromatic rings. The third kappa shape index (κ3) is 4.39. The molecule has 33 heavy (non-hydrogen) atoms. The van der Waals surface area contributed by atoms with Crippen LogP contribution in [0.4, 0.5) is 13.2 Å². The van der Waals surface area contributed by atoms with Crippen LogP contribution in [0, 0.1) is 0 Å². The van der Waals surface area contributed by atoms with Crippen LogP contribution in [0.3, 0.4) is 0 Å². The van der Waals surface area contributed by atoms with E-state index in [0.29, 0.717) is 16.0 Å². The Morgan fingerprint density at radius 1 is 1.18 bits per heavy atom. The molecule has 0 atom stereocenters. The average Bonchev–Trinajstić information content (AvgIpc) is 3.24. The van der Waals surface area contributed by atoms with Gasteiger partial charge in [0, 0.05) is 23.4 Å². The van der Waals surface area contributed by atoms with Crippen molar-refractivity contribution in [1.29, 1.82) is 0 Å². The molecule has 3 N–H and O–H groups in total. The number of rotatable bonds is 6. The lowest BCUT2D eigenvalue weighted by Gasteiger charge is -2.13. The first-order chi connectivity index (χ1) is 15.7. The highest BCUT2D eigenvalue weighted by atomic mass is 32.2. The van der Waals surface area contributed by atoms with Crippen molar-refractivity contribution in [3.63, 3.8) is 0 Å². The fourth-order valence-electron chi connectivity index (χ4n) is 3.24. The minimum Gasteiger partial charge on any atom is -0.507 e. The first kappa shape index (κ1) is 22.3. The summed E-state index contributed by atoms with van der Waals surface area (Å²) in [6.07, 6.45) is -2.09. The number of aliphatic carboxylic acids is 1. The molecule has 0 saturated heterocycles. The summed E-state index contributed by atoms with van der Waals surface area (Å²) in [5.74, 6) is -2.34. The van der Waals surface area contributed by atoms with Crippen LogP contribution in [0.2, 0.25) is 0 Å². The molecule has 170 valence electrons. The summed E-state index contributed by atoms with van der Waals surface area (Å²) in [5.41, 5.74) is -0.670. The summed E-state index contributed by atoms with van der Waals surface area (Å²) in [5, 5.41) is 26.0. The van der Waals surface area contributed by atoms with Gasteiger partial charge >= 0.3 is 12.1 Å². The molecule has 0 bridgehead atoms. The van der Waals surface area contributed by atoms with Crippen molar-refractivity contribution in [2.75, 3.05) is 6.54 Å². The summed E-state index contributed by atoms with van der Waals surface area (Å²) < 4.78 is 41.3. The predicted octanol–water partition coefficient (Wildman–Crippen LogP) is 3.11. The molecular formula is C20H14F3N5O4S. The van der Waals surface area contributed by atoms with Crippen LogP contribution in [0.25, 0.3) is 16.6 Å². The average molecular weight is 477 g/mol. The maximum Gasteiger partial charge on any atom is 0.418 e. The highest BCUT2D eigenvalue weighted by molar-refractivity contribution is 7.98. The Balaban J connectivity index is 1.67. The van der Waals surface area contributed by atoms with Gasteiger partial charge in [0.25, 0.3) is 5.91 Å². The second-order valence-corrected chi connectivity index (χ2v) is 7.77. The molecule has 1 amide bonds. The van der Waals surface area contributed by atoms with Crippen LogP contribution >= 0.6 is 11.8 Å². The molecule has 3 aromatic heterocycles. The number of para-hydroxylation sites is 1. The summed E-state index contributed by atoms with van der Waals surface area (Å²) >= 11 is 1.15. The van der Waals surface area contributed by atoms with E-state index < -0.39 is 35.9 Å². The van der Waals surface area contributed by atoms with Gasteiger partial charge in [0.05, 0.1) is 11.1 Å². The van der Waals surface area contributed by atoms with Crippen LogP contribution < -0.4 is 5.32 Å². The number of pyridine rings is 2. The largest absolute Gasteiger partial charge is 0.507 e. The van der Waals surface area contributed by atoms with Crippen molar-refractivity contribution in [3.8, 4) is 5.75 Å². The minimum absolute atomic E-state index is 0.000618. The van der Waals surface area contributed by atoms with E-state index in [9.17, 15) is 27.9 Å². The van der Waals surface area contributed by atoms with E-state index in [1.807, 2.05) is 0 Å². The van der Waals surface area contributed by atoms with Crippen molar-refractivity contribution in [3.05, 3.63) is 59.5 Å². The van der Waals surface area contributed by atoms with Crippen LogP contribution in [0.5, 0.6) is 5.75 Å². The van der Waals surface area contributed by atoms with E-state index in [4.69, 9.17) is 5.11 Å². The number of hydrogen-bond acceptors (Lipinski definition) is 7. The molecule has 0 spiro atoms. The van der Waals surface area contributed by atoms with E-state index in [2.05, 4.69) is 20.4 Å². The van der Waals surface area contributed by atoms with Gasteiger partial charge in [-0.3, -0.25) is 14.6 Å². The van der Waals surface area contributed by atoms with Crippen LogP contribution in [0.15, 0.2) is 47.9 Å². The fraction of sp³-hybridized carbons (Fsp3) is 0.150. The molecule has 0 aliphatic carbocycles. The number of benzene rings is 1. The molecule has 0 radical (unpaired) electrons. The molecule has 0 unspecified atom stereocenters. The quantitative estimate of drug-likeness (QED) is 0.361. The zero-order valence-electron chi connectivity index (χ0n) is 16.5. The first-order valence-electron chi connectivity index (χ1n) is 9.29. The standard InChI is InChI=1S/C20H14F3N5O4S/c21-20(22,23)12-3-1-2-11-10(4-5-24-17(11)12)8-33-14-6-13(29)16(18-26-9-27-28(14)18)19(32)25-7-15(30)31/h1-6,9,29H,7-8H2,(H,25,32)(H,30,31). The first-order valence-corrected chi connectivity index (χ1v) is 10.3. The molecular weight excluding hydrogens is 463 g/mol. The number of amides is 1. The zero-order valence-corrected chi connectivity index (χ0v) is 17.3. The lowest BCUT2D eigenvalue weighted by atomic mass is 10.1. The highest BCUT2D eigenvalue weighted by Gasteiger charge is 2.33. The number of carboxylic acids is 1. The van der Waals surface area contributed by atoms with Gasteiger partial charge in [0.15, 0.2) is 5.65 Å². The maximum atomic E-state index is 13.3. The normalized spacial score (nSPS) is 11.7. The van der Waals surface area contributed by atoms with Crippen LogP contribution in [0.1, 0.15) is 21.5 Å². The van der Waals surface area contributed by atoms with Gasteiger partial charge in [-0.2, -0.15) is 18.3 Å². The molecule has 1 aromatic carbocycles. The minimum atomic E-state index is -4.55. The molecule has 0 aliphatic heterocycles. The number of carboxylic acid groups (broad SMARTS) is 1. The van der Waals surface area contributed by atoms with Crippen LogP contribution in [-0.2, 0) is 16.7 Å². The number of hydrogen-bond donors (Lipinski definition) is 3. The molecule has 0 aliphatic rings. The maximum absolute atomic E-state index is 13.3. The second kappa shape index (κ2) is 8.58. The van der Waals surface area contributed by atoms with E-state index in [-0.39, 0.29) is 22.5 Å². The third-order valence-corrected chi connectivity index (χ3v) is 5.71. The number of thioether (sulfide) groups is 1. The Morgan fingerprint density at radius 2 is 1.97 bits per heavy atom. The number of aromatic nitrogens is 4. The van der Waals surface area contributed by atoms with Crippen molar-refractivity contribution < 1.29 is 33.0 Å². The summed E-state index contributed by atoms with van der Waals surface area (Å²) in [6.45, 7) is -0.649. The highest BCUT2D eigenvalue weighted by Crippen LogP contribution is 2.36. The second-order valence-electron chi connectivity index (χ2n) is 6.77. The molecule has 9 nitrogen and oxygen atoms in total. The van der Waals surface area contributed by atoms with Gasteiger partial charge in [0.2, 0.25) is 0 Å². The van der Waals surface area contributed by atoms with Crippen molar-refractivity contribution in [1.82, 2.24) is 24.9 Å². The van der Waals surface area contributed by atoms with Gasteiger partial charge in [-0.1, -0.05) is 12.1 Å². The lowest BCUT2D eigenvalue weighted by molar-refractivity contribution is -0.137. The van der Waals surface area contributed by atoms with Crippen LogP contribution in [-0.4, -0.2) is 48.2 Å². The Bertz CT molecular complexity index is 1390. The SMILES string of the molecule is O=C(O)CNC(=O)c1c(O)cc(SCc2ccnc3c(C(F)(F)F)cccc23)n2ncnc12. The Morgan fingerprint density at radius 3 is 2.70 bits per heavy atom. The van der Waals surface area contributed by atoms with Gasteiger partial charge in [-0.15, -0.1) is 11.8 Å². The number of fused-ring (bicyclic) bond motifs is 2. The number of aromatic hydroxyl groups is 1. The van der Waals surface area contributed by atoms with Gasteiger partial charge in [0.1, 0.15) is 29.2 Å². The zero-order chi connectivity index (χ0) is 23.8. The Hall–Kier alpha value is -3.87. The summed E-state index contributed by atoms with van der Waals surface area (Å²) in [6, 6.07) is 6.68. The predicted molar refractivity (Wildman–Crippen MR) is 111 cm³/mol. The van der Waals surface area contributed by atoms with E-state index in [0.717, 1.165) is 24.2 Å². The molecule has 0 saturated carbocycles. The monoisotopic (exact) mass is 477 g/mol. The van der Waals surface area contributed by atoms with E-state index in [1.165, 1.54) is 22.8 Å². The topological polar surface area (TPSA) is 130 Å². The third-order valence-electron chi connectivity index (χ3n) is 4.67. The van der Waals surface area contributed by atoms with Gasteiger partial charge in [-0.05, 0) is 17.7 Å². The van der Waals surface area contributed by atoms with E-state index in [1.54, 1.807) is 12.1 Å². The molecule has 4 rings (SSSR count). The summed E-state index contributed by atoms with van der Waals surface area (Å²) in [7, 11) is 0. The van der Waals surface area contributed by atoms with Gasteiger partial charge < -0.3 is 15.5 Å². The molecule has 13 heteroatoms. The van der Waals surface area contributed by atoms with Crippen molar-refractivity contribution in [2.45, 2.75) is 17.0 Å². The number of nitrogens with zero attached hydrogens (tertiary/aromatic N) is 4. The molecule has 0 fully saturated rings. The smallest absolute Gasteiger partial charge is 0.418 e. The molecule has 3 heterocycles.